The minimum Gasteiger partial charge on any atom is -0.370 e. The molecule has 0 bridgehead atoms. The van der Waals surface area contributed by atoms with Crippen molar-refractivity contribution in [3.8, 4) is 0 Å². The van der Waals surface area contributed by atoms with Crippen LogP contribution in [0.2, 0.25) is 0 Å². The Labute approximate surface area is 81.7 Å². The van der Waals surface area contributed by atoms with E-state index in [1.807, 2.05) is 0 Å². The van der Waals surface area contributed by atoms with Crippen LogP contribution in [0, 0.1) is 0 Å². The smallest absolute Gasteiger partial charge is 0.217 e. The highest BCUT2D eigenvalue weighted by atomic mass is 16.1. The van der Waals surface area contributed by atoms with Gasteiger partial charge in [-0.15, -0.1) is 10.2 Å². The minimum atomic E-state index is -0.274. The SMILES string of the molecule is Cn1nnc(CNCCCC(N)=O)n1. The maximum Gasteiger partial charge on any atom is 0.217 e. The molecule has 1 aromatic heterocycles. The monoisotopic (exact) mass is 198 g/mol. The van der Waals surface area contributed by atoms with Gasteiger partial charge in [-0.1, -0.05) is 0 Å². The fraction of sp³-hybridized carbons (Fsp3) is 0.714. The predicted molar refractivity (Wildman–Crippen MR) is 48.9 cm³/mol. The second-order valence-corrected chi connectivity index (χ2v) is 2.94. The Balaban J connectivity index is 2.07. The molecule has 0 aliphatic heterocycles. The molecule has 7 heteroatoms. The van der Waals surface area contributed by atoms with Crippen molar-refractivity contribution in [3.63, 3.8) is 0 Å². The molecule has 0 aromatic carbocycles. The summed E-state index contributed by atoms with van der Waals surface area (Å²) in [7, 11) is 1.71. The lowest BCUT2D eigenvalue weighted by Gasteiger charge is -1.99. The van der Waals surface area contributed by atoms with Crippen molar-refractivity contribution in [2.45, 2.75) is 19.4 Å². The zero-order valence-corrected chi connectivity index (χ0v) is 8.10. The Morgan fingerprint density at radius 3 is 3.00 bits per heavy atom. The van der Waals surface area contributed by atoms with Crippen LogP contribution < -0.4 is 11.1 Å². The number of tetrazole rings is 1. The second kappa shape index (κ2) is 5.28. The second-order valence-electron chi connectivity index (χ2n) is 2.94. The molecule has 0 aliphatic carbocycles. The normalized spacial score (nSPS) is 10.4. The van der Waals surface area contributed by atoms with Crippen LogP contribution in [-0.4, -0.2) is 32.7 Å². The number of nitrogens with one attached hydrogen (secondary N) is 1. The lowest BCUT2D eigenvalue weighted by atomic mass is 10.3. The minimum absolute atomic E-state index is 0.274. The molecule has 3 N–H and O–H groups in total. The molecule has 0 saturated heterocycles. The van der Waals surface area contributed by atoms with Gasteiger partial charge in [0.05, 0.1) is 13.6 Å². The largest absolute Gasteiger partial charge is 0.370 e. The summed E-state index contributed by atoms with van der Waals surface area (Å²) < 4.78 is 0. The molecule has 0 saturated carbocycles. The van der Waals surface area contributed by atoms with Crippen LogP contribution >= 0.6 is 0 Å². The molecule has 1 aromatic rings. The van der Waals surface area contributed by atoms with Crippen LogP contribution in [-0.2, 0) is 18.4 Å². The lowest BCUT2D eigenvalue weighted by Crippen LogP contribution is -2.18. The maximum absolute atomic E-state index is 10.4. The van der Waals surface area contributed by atoms with E-state index in [1.54, 1.807) is 7.05 Å². The number of hydrogen-bond donors (Lipinski definition) is 2. The van der Waals surface area contributed by atoms with Crippen molar-refractivity contribution in [2.75, 3.05) is 6.54 Å². The fourth-order valence-corrected chi connectivity index (χ4v) is 0.982. The number of nitrogens with zero attached hydrogens (tertiary/aromatic N) is 4. The third kappa shape index (κ3) is 3.94. The van der Waals surface area contributed by atoms with Crippen molar-refractivity contribution < 1.29 is 4.79 Å². The van der Waals surface area contributed by atoms with E-state index in [0.717, 1.165) is 13.0 Å². The summed E-state index contributed by atoms with van der Waals surface area (Å²) in [6.07, 6.45) is 1.14. The van der Waals surface area contributed by atoms with Crippen molar-refractivity contribution in [2.24, 2.45) is 12.8 Å². The van der Waals surface area contributed by atoms with Crippen LogP contribution in [0.5, 0.6) is 0 Å². The highest BCUT2D eigenvalue weighted by Crippen LogP contribution is 1.87. The number of aryl methyl sites for hydroxylation is 1. The molecule has 14 heavy (non-hydrogen) atoms. The molecule has 0 fully saturated rings. The molecule has 1 amide bonds. The average Bonchev–Trinajstić information content (AvgIpc) is 2.50. The van der Waals surface area contributed by atoms with E-state index in [-0.39, 0.29) is 5.91 Å². The first-order valence-corrected chi connectivity index (χ1v) is 4.40. The molecule has 1 heterocycles. The third-order valence-electron chi connectivity index (χ3n) is 1.61. The van der Waals surface area contributed by atoms with Crippen molar-refractivity contribution >= 4 is 5.91 Å². The van der Waals surface area contributed by atoms with E-state index >= 15 is 0 Å². The number of amides is 1. The molecule has 0 unspecified atom stereocenters. The van der Waals surface area contributed by atoms with Crippen molar-refractivity contribution in [1.82, 2.24) is 25.5 Å². The number of carbonyl (C=O) groups is 1. The van der Waals surface area contributed by atoms with Gasteiger partial charge < -0.3 is 11.1 Å². The number of carbonyl (C=O) groups excluding carboxylic acids is 1. The van der Waals surface area contributed by atoms with Gasteiger partial charge in [-0.25, -0.2) is 0 Å². The zero-order valence-electron chi connectivity index (χ0n) is 8.10. The third-order valence-corrected chi connectivity index (χ3v) is 1.61. The number of primary amides is 1. The van der Waals surface area contributed by atoms with E-state index < -0.39 is 0 Å². The highest BCUT2D eigenvalue weighted by Gasteiger charge is 1.99. The molecule has 78 valence electrons. The molecule has 0 radical (unpaired) electrons. The first-order chi connectivity index (χ1) is 6.68. The summed E-state index contributed by atoms with van der Waals surface area (Å²) in [4.78, 5) is 11.8. The van der Waals surface area contributed by atoms with Crippen LogP contribution in [0.1, 0.15) is 18.7 Å². The van der Waals surface area contributed by atoms with E-state index in [4.69, 9.17) is 5.73 Å². The van der Waals surface area contributed by atoms with Gasteiger partial charge in [0.25, 0.3) is 0 Å². The summed E-state index contributed by atoms with van der Waals surface area (Å²) in [6, 6.07) is 0. The van der Waals surface area contributed by atoms with Gasteiger partial charge in [-0.2, -0.15) is 4.80 Å². The summed E-state index contributed by atoms with van der Waals surface area (Å²) in [5, 5.41) is 14.5. The van der Waals surface area contributed by atoms with Crippen LogP contribution in [0.3, 0.4) is 0 Å². The summed E-state index contributed by atoms with van der Waals surface area (Å²) >= 11 is 0. The average molecular weight is 198 g/mol. The van der Waals surface area contributed by atoms with E-state index in [9.17, 15) is 4.79 Å². The van der Waals surface area contributed by atoms with Crippen molar-refractivity contribution in [1.29, 1.82) is 0 Å². The van der Waals surface area contributed by atoms with Gasteiger partial charge in [0.2, 0.25) is 5.91 Å². The molecule has 0 spiro atoms. The molecular weight excluding hydrogens is 184 g/mol. The van der Waals surface area contributed by atoms with Gasteiger partial charge in [0.1, 0.15) is 0 Å². The quantitative estimate of drug-likeness (QED) is 0.546. The van der Waals surface area contributed by atoms with Crippen LogP contribution in [0.4, 0.5) is 0 Å². The molecule has 0 atom stereocenters. The van der Waals surface area contributed by atoms with E-state index in [2.05, 4.69) is 20.7 Å². The van der Waals surface area contributed by atoms with Crippen LogP contribution in [0.25, 0.3) is 0 Å². The Morgan fingerprint density at radius 2 is 2.43 bits per heavy atom. The van der Waals surface area contributed by atoms with Gasteiger partial charge in [-0.3, -0.25) is 4.79 Å². The summed E-state index contributed by atoms with van der Waals surface area (Å²) in [5.41, 5.74) is 4.98. The molecule has 0 aliphatic rings. The number of hydrogen-bond acceptors (Lipinski definition) is 5. The Bertz CT molecular complexity index is 296. The van der Waals surface area contributed by atoms with Gasteiger partial charge in [0.15, 0.2) is 5.82 Å². The van der Waals surface area contributed by atoms with Crippen molar-refractivity contribution in [3.05, 3.63) is 5.82 Å². The molecular formula is C7H14N6O. The highest BCUT2D eigenvalue weighted by molar-refractivity contribution is 5.73. The molecule has 1 rings (SSSR count). The van der Waals surface area contributed by atoms with Gasteiger partial charge in [0, 0.05) is 6.42 Å². The first-order valence-electron chi connectivity index (χ1n) is 4.40. The standard InChI is InChI=1S/C7H14N6O/c1-13-11-7(10-12-13)5-9-4-2-3-6(8)14/h9H,2-5H2,1H3,(H2,8,14). The number of rotatable bonds is 6. The zero-order chi connectivity index (χ0) is 10.4. The summed E-state index contributed by atoms with van der Waals surface area (Å²) in [6.45, 7) is 1.29. The number of nitrogens with two attached hydrogens (primary N) is 1. The Hall–Kier alpha value is -1.50. The topological polar surface area (TPSA) is 98.7 Å². The predicted octanol–water partition coefficient (Wildman–Crippen LogP) is -1.43. The Morgan fingerprint density at radius 1 is 1.64 bits per heavy atom. The maximum atomic E-state index is 10.4. The summed E-state index contributed by atoms with van der Waals surface area (Å²) in [5.74, 6) is 0.371. The first kappa shape index (κ1) is 10.6. The fourth-order valence-electron chi connectivity index (χ4n) is 0.982. The van der Waals surface area contributed by atoms with Gasteiger partial charge in [-0.05, 0) is 18.2 Å². The number of aromatic nitrogens is 4. The van der Waals surface area contributed by atoms with E-state index in [0.29, 0.717) is 18.8 Å². The van der Waals surface area contributed by atoms with Gasteiger partial charge >= 0.3 is 0 Å². The Kier molecular flexibility index (Phi) is 3.99. The van der Waals surface area contributed by atoms with Crippen LogP contribution in [0.15, 0.2) is 0 Å². The van der Waals surface area contributed by atoms with E-state index in [1.165, 1.54) is 4.80 Å². The lowest BCUT2D eigenvalue weighted by molar-refractivity contribution is -0.118. The molecule has 7 nitrogen and oxygen atoms in total.